The summed E-state index contributed by atoms with van der Waals surface area (Å²) in [7, 11) is 0. The van der Waals surface area contributed by atoms with E-state index < -0.39 is 16.6 Å². The first-order valence-electron chi connectivity index (χ1n) is 11.1. The van der Waals surface area contributed by atoms with Crippen molar-refractivity contribution < 1.29 is 29.1 Å². The first-order valence-corrected chi connectivity index (χ1v) is 11.1. The van der Waals surface area contributed by atoms with Crippen LogP contribution >= 0.6 is 0 Å². The summed E-state index contributed by atoms with van der Waals surface area (Å²) < 4.78 is 0. The van der Waals surface area contributed by atoms with Gasteiger partial charge in [-0.05, 0) is 80.1 Å². The van der Waals surface area contributed by atoms with Gasteiger partial charge in [0.05, 0.1) is 5.41 Å². The van der Waals surface area contributed by atoms with E-state index in [2.05, 4.69) is 20.8 Å². The number of hydrogen-bond donors (Lipinski definition) is 0. The molecular weight excluding hydrogens is 384 g/mol. The number of rotatable bonds is 9. The molecular formula is C24H48O6. The zero-order valence-electron chi connectivity index (χ0n) is 21.7. The first-order chi connectivity index (χ1) is 13.3. The monoisotopic (exact) mass is 432 g/mol. The van der Waals surface area contributed by atoms with E-state index in [1.165, 1.54) is 6.42 Å². The van der Waals surface area contributed by atoms with Crippen molar-refractivity contribution in [1.82, 2.24) is 0 Å². The predicted molar refractivity (Wildman–Crippen MR) is 120 cm³/mol. The third kappa shape index (κ3) is 21.6. The first kappa shape index (κ1) is 31.0. The molecule has 6 heteroatoms. The van der Waals surface area contributed by atoms with Crippen LogP contribution in [0, 0.1) is 10.8 Å². The van der Waals surface area contributed by atoms with Gasteiger partial charge in [0.2, 0.25) is 0 Å². The maximum absolute atomic E-state index is 11.3. The van der Waals surface area contributed by atoms with Crippen molar-refractivity contribution in [2.45, 2.75) is 133 Å². The van der Waals surface area contributed by atoms with Gasteiger partial charge in [-0.1, -0.05) is 40.5 Å². The largest absolute Gasteiger partial charge is 0.347 e. The molecule has 0 saturated heterocycles. The average molecular weight is 433 g/mol. The van der Waals surface area contributed by atoms with E-state index in [1.54, 1.807) is 20.8 Å². The van der Waals surface area contributed by atoms with Crippen molar-refractivity contribution in [3.05, 3.63) is 0 Å². The summed E-state index contributed by atoms with van der Waals surface area (Å²) in [5.74, 6) is -0.607. The molecule has 0 aromatic carbocycles. The molecule has 0 amide bonds. The van der Waals surface area contributed by atoms with Crippen LogP contribution in [0.2, 0.25) is 0 Å². The molecule has 0 aliphatic heterocycles. The van der Waals surface area contributed by atoms with Gasteiger partial charge in [0.25, 0.3) is 0 Å². The lowest BCUT2D eigenvalue weighted by Gasteiger charge is -2.23. The minimum absolute atomic E-state index is 0.268. The second-order valence-corrected chi connectivity index (χ2v) is 11.6. The van der Waals surface area contributed by atoms with E-state index in [9.17, 15) is 9.59 Å². The molecule has 0 saturated carbocycles. The number of carbonyl (C=O) groups excluding carboxylic acids is 2. The van der Waals surface area contributed by atoms with Crippen molar-refractivity contribution >= 4 is 11.9 Å². The average Bonchev–Trinajstić information content (AvgIpc) is 2.55. The maximum atomic E-state index is 11.3. The molecule has 0 atom stereocenters. The molecule has 0 aromatic rings. The molecule has 0 bridgehead atoms. The van der Waals surface area contributed by atoms with E-state index >= 15 is 0 Å². The quantitative estimate of drug-likeness (QED) is 0.223. The molecule has 0 aromatic heterocycles. The Morgan fingerprint density at radius 2 is 1.23 bits per heavy atom. The van der Waals surface area contributed by atoms with Crippen LogP contribution in [-0.4, -0.2) is 23.1 Å². The van der Waals surface area contributed by atoms with Crippen LogP contribution in [0.4, 0.5) is 0 Å². The highest BCUT2D eigenvalue weighted by Gasteiger charge is 2.27. The lowest BCUT2D eigenvalue weighted by Crippen LogP contribution is -2.30. The summed E-state index contributed by atoms with van der Waals surface area (Å²) in [6, 6.07) is 0. The van der Waals surface area contributed by atoms with E-state index in [1.807, 2.05) is 41.5 Å². The molecule has 30 heavy (non-hydrogen) atoms. The molecule has 0 spiro atoms. The minimum atomic E-state index is -0.510. The smallest absolute Gasteiger partial charge is 0.298 e. The summed E-state index contributed by atoms with van der Waals surface area (Å²) in [6.45, 7) is 23.4. The topological polar surface area (TPSA) is 71.1 Å². The van der Waals surface area contributed by atoms with Crippen LogP contribution in [0.15, 0.2) is 0 Å². The van der Waals surface area contributed by atoms with Crippen LogP contribution in [-0.2, 0) is 29.1 Å². The minimum Gasteiger partial charge on any atom is -0.298 e. The summed E-state index contributed by atoms with van der Waals surface area (Å²) >= 11 is 0. The van der Waals surface area contributed by atoms with Crippen molar-refractivity contribution in [3.63, 3.8) is 0 Å². The van der Waals surface area contributed by atoms with E-state index in [0.717, 1.165) is 25.7 Å². The van der Waals surface area contributed by atoms with Gasteiger partial charge < -0.3 is 0 Å². The molecule has 0 unspecified atom stereocenters. The third-order valence-electron chi connectivity index (χ3n) is 4.00. The predicted octanol–water partition coefficient (Wildman–Crippen LogP) is 6.95. The van der Waals surface area contributed by atoms with Gasteiger partial charge in [0.1, 0.15) is 11.2 Å². The number of unbranched alkanes of at least 4 members (excludes halogenated alkanes) is 2. The maximum Gasteiger partial charge on any atom is 0.347 e. The molecule has 0 radical (unpaired) electrons. The van der Waals surface area contributed by atoms with Gasteiger partial charge >= 0.3 is 11.9 Å². The second-order valence-electron chi connectivity index (χ2n) is 11.6. The summed E-state index contributed by atoms with van der Waals surface area (Å²) in [4.78, 5) is 42.0. The molecule has 0 fully saturated rings. The standard InChI is InChI=1S/C14H28O3.C10H20O3/c1-13(2,3)11-9-7-8-10-12(15)16-17-14(4,5)6;1-7-10(5,6)13-12-8(11)9(2,3)4/h7-11H2,1-6H3;7H2,1-6H3. The fourth-order valence-corrected chi connectivity index (χ4v) is 1.65. The second kappa shape index (κ2) is 13.3. The fourth-order valence-electron chi connectivity index (χ4n) is 1.65. The van der Waals surface area contributed by atoms with Gasteiger partial charge in [0, 0.05) is 6.42 Å². The van der Waals surface area contributed by atoms with Gasteiger partial charge in [-0.2, -0.15) is 9.78 Å². The van der Waals surface area contributed by atoms with Crippen molar-refractivity contribution in [1.29, 1.82) is 0 Å². The molecule has 0 aliphatic carbocycles. The molecule has 0 aliphatic rings. The van der Waals surface area contributed by atoms with E-state index in [-0.39, 0.29) is 11.9 Å². The fraction of sp³-hybridized carbons (Fsp3) is 0.917. The van der Waals surface area contributed by atoms with Crippen molar-refractivity contribution in [2.75, 3.05) is 0 Å². The van der Waals surface area contributed by atoms with Crippen LogP contribution in [0.1, 0.15) is 122 Å². The number of carbonyl (C=O) groups is 2. The van der Waals surface area contributed by atoms with Gasteiger partial charge in [-0.3, -0.25) is 9.78 Å². The normalized spacial score (nSPS) is 12.7. The third-order valence-corrected chi connectivity index (χ3v) is 4.00. The van der Waals surface area contributed by atoms with Crippen molar-refractivity contribution in [3.8, 4) is 0 Å². The van der Waals surface area contributed by atoms with Crippen LogP contribution in [0.5, 0.6) is 0 Å². The Labute approximate surface area is 185 Å². The van der Waals surface area contributed by atoms with E-state index in [0.29, 0.717) is 11.8 Å². The SMILES string of the molecule is CC(C)(C)CCCCCC(=O)OOC(C)(C)C.CCC(C)(C)OOC(=O)C(C)(C)C. The molecule has 0 N–H and O–H groups in total. The van der Waals surface area contributed by atoms with Crippen LogP contribution in [0.25, 0.3) is 0 Å². The van der Waals surface area contributed by atoms with Crippen LogP contribution in [0.3, 0.4) is 0 Å². The summed E-state index contributed by atoms with van der Waals surface area (Å²) in [5.41, 5.74) is -0.956. The lowest BCUT2D eigenvalue weighted by atomic mass is 9.89. The Bertz CT molecular complexity index is 489. The summed E-state index contributed by atoms with van der Waals surface area (Å²) in [5, 5.41) is 0. The van der Waals surface area contributed by atoms with Crippen LogP contribution < -0.4 is 0 Å². The Kier molecular flexibility index (Phi) is 13.8. The zero-order valence-corrected chi connectivity index (χ0v) is 21.7. The molecule has 6 nitrogen and oxygen atoms in total. The Morgan fingerprint density at radius 1 is 0.700 bits per heavy atom. The molecule has 0 heterocycles. The molecule has 0 rings (SSSR count). The Morgan fingerprint density at radius 3 is 1.63 bits per heavy atom. The van der Waals surface area contributed by atoms with E-state index in [4.69, 9.17) is 19.6 Å². The van der Waals surface area contributed by atoms with Crippen molar-refractivity contribution in [2.24, 2.45) is 10.8 Å². The van der Waals surface area contributed by atoms with Gasteiger partial charge in [0.15, 0.2) is 0 Å². The van der Waals surface area contributed by atoms with Gasteiger partial charge in [-0.25, -0.2) is 9.59 Å². The highest BCUT2D eigenvalue weighted by Crippen LogP contribution is 2.22. The Hall–Kier alpha value is -1.14. The van der Waals surface area contributed by atoms with Gasteiger partial charge in [-0.15, -0.1) is 0 Å². The lowest BCUT2D eigenvalue weighted by molar-refractivity contribution is -0.330. The number of hydrogen-bond acceptors (Lipinski definition) is 6. The highest BCUT2D eigenvalue weighted by molar-refractivity contribution is 5.74. The Balaban J connectivity index is 0. The molecule has 180 valence electrons. The summed E-state index contributed by atoms with van der Waals surface area (Å²) in [6.07, 6.45) is 5.55. The highest BCUT2D eigenvalue weighted by atomic mass is 17.2. The zero-order chi connectivity index (χ0) is 24.2.